The lowest BCUT2D eigenvalue weighted by Gasteiger charge is -2.05. The number of H-pyrrole nitrogens is 1. The van der Waals surface area contributed by atoms with Gasteiger partial charge in [0.05, 0.1) is 12.8 Å². The van der Waals surface area contributed by atoms with Crippen LogP contribution in [0, 0.1) is 6.92 Å². The third-order valence-corrected chi connectivity index (χ3v) is 2.55. The maximum atomic E-state index is 11.8. The van der Waals surface area contributed by atoms with Crippen LogP contribution in [0.5, 0.6) is 5.75 Å². The summed E-state index contributed by atoms with van der Waals surface area (Å²) in [5.74, 6) is 0.550. The third-order valence-electron chi connectivity index (χ3n) is 2.55. The van der Waals surface area contributed by atoms with Crippen molar-refractivity contribution in [1.82, 2.24) is 20.7 Å². The predicted molar refractivity (Wildman–Crippen MR) is 65.3 cm³/mol. The standard InChI is InChI=1S/C12H14N4O2/c1-8-11(15-16-14-8)12(17)13-7-9-3-5-10(18-2)6-4-9/h3-6H,7H2,1-2H3,(H,13,17)(H,14,15,16). The summed E-state index contributed by atoms with van der Waals surface area (Å²) < 4.78 is 5.06. The van der Waals surface area contributed by atoms with Gasteiger partial charge in [0.25, 0.3) is 5.91 Å². The molecule has 1 amide bonds. The lowest BCUT2D eigenvalue weighted by molar-refractivity contribution is 0.0945. The van der Waals surface area contributed by atoms with Gasteiger partial charge in [-0.2, -0.15) is 15.4 Å². The molecule has 0 bridgehead atoms. The summed E-state index contributed by atoms with van der Waals surface area (Å²) in [6, 6.07) is 7.50. The van der Waals surface area contributed by atoms with Crippen molar-refractivity contribution in [3.63, 3.8) is 0 Å². The monoisotopic (exact) mass is 246 g/mol. The fraction of sp³-hybridized carbons (Fsp3) is 0.250. The first-order valence-electron chi connectivity index (χ1n) is 5.49. The number of benzene rings is 1. The highest BCUT2D eigenvalue weighted by molar-refractivity contribution is 5.92. The van der Waals surface area contributed by atoms with Gasteiger partial charge in [-0.05, 0) is 24.6 Å². The Kier molecular flexibility index (Phi) is 3.57. The lowest BCUT2D eigenvalue weighted by Crippen LogP contribution is -2.23. The van der Waals surface area contributed by atoms with Crippen LogP contribution >= 0.6 is 0 Å². The van der Waals surface area contributed by atoms with E-state index in [2.05, 4.69) is 20.7 Å². The van der Waals surface area contributed by atoms with Gasteiger partial charge in [-0.1, -0.05) is 12.1 Å². The van der Waals surface area contributed by atoms with Gasteiger partial charge in [0.15, 0.2) is 5.69 Å². The van der Waals surface area contributed by atoms with Gasteiger partial charge in [0, 0.05) is 6.54 Å². The Balaban J connectivity index is 1.95. The summed E-state index contributed by atoms with van der Waals surface area (Å²) >= 11 is 0. The van der Waals surface area contributed by atoms with Crippen molar-refractivity contribution in [1.29, 1.82) is 0 Å². The first-order valence-corrected chi connectivity index (χ1v) is 5.49. The molecule has 0 aliphatic rings. The van der Waals surface area contributed by atoms with Gasteiger partial charge in [-0.3, -0.25) is 4.79 Å². The summed E-state index contributed by atoms with van der Waals surface area (Å²) in [4.78, 5) is 11.8. The fourth-order valence-electron chi connectivity index (χ4n) is 1.51. The van der Waals surface area contributed by atoms with E-state index >= 15 is 0 Å². The minimum absolute atomic E-state index is 0.239. The number of rotatable bonds is 4. The quantitative estimate of drug-likeness (QED) is 0.845. The number of ether oxygens (including phenoxy) is 1. The van der Waals surface area contributed by atoms with Crippen molar-refractivity contribution in [2.45, 2.75) is 13.5 Å². The number of aromatic amines is 1. The zero-order valence-electron chi connectivity index (χ0n) is 10.2. The minimum Gasteiger partial charge on any atom is -0.497 e. The number of nitrogens with zero attached hydrogens (tertiary/aromatic N) is 2. The van der Waals surface area contributed by atoms with Crippen LogP contribution < -0.4 is 10.1 Å². The number of methoxy groups -OCH3 is 1. The first kappa shape index (κ1) is 12.1. The Labute approximate surface area is 104 Å². The fourth-order valence-corrected chi connectivity index (χ4v) is 1.51. The van der Waals surface area contributed by atoms with Crippen LogP contribution in [0.25, 0.3) is 0 Å². The predicted octanol–water partition coefficient (Wildman–Crippen LogP) is 1.05. The molecule has 6 heteroatoms. The lowest BCUT2D eigenvalue weighted by atomic mass is 10.2. The Hall–Kier alpha value is -2.37. The maximum absolute atomic E-state index is 11.8. The molecular weight excluding hydrogens is 232 g/mol. The number of hydrogen-bond donors (Lipinski definition) is 2. The van der Waals surface area contributed by atoms with Crippen molar-refractivity contribution >= 4 is 5.91 Å². The molecule has 1 aromatic heterocycles. The summed E-state index contributed by atoms with van der Waals surface area (Å²) in [6.07, 6.45) is 0. The van der Waals surface area contributed by atoms with E-state index in [0.717, 1.165) is 11.3 Å². The second kappa shape index (κ2) is 5.31. The minimum atomic E-state index is -0.239. The average molecular weight is 246 g/mol. The molecule has 0 spiro atoms. The van der Waals surface area contributed by atoms with E-state index in [1.54, 1.807) is 14.0 Å². The Morgan fingerprint density at radius 3 is 2.61 bits per heavy atom. The topological polar surface area (TPSA) is 79.9 Å². The van der Waals surface area contributed by atoms with Crippen molar-refractivity contribution in [3.05, 3.63) is 41.2 Å². The van der Waals surface area contributed by atoms with Crippen molar-refractivity contribution in [2.24, 2.45) is 0 Å². The van der Waals surface area contributed by atoms with Crippen LogP contribution in [0.15, 0.2) is 24.3 Å². The molecule has 0 atom stereocenters. The molecule has 0 aliphatic heterocycles. The molecule has 2 aromatic rings. The van der Waals surface area contributed by atoms with Crippen molar-refractivity contribution in [3.8, 4) is 5.75 Å². The van der Waals surface area contributed by atoms with E-state index in [1.807, 2.05) is 24.3 Å². The van der Waals surface area contributed by atoms with Crippen LogP contribution in [0.3, 0.4) is 0 Å². The number of carbonyl (C=O) groups excluding carboxylic acids is 1. The van der Waals surface area contributed by atoms with Gasteiger partial charge < -0.3 is 10.1 Å². The van der Waals surface area contributed by atoms with E-state index in [9.17, 15) is 4.79 Å². The summed E-state index contributed by atoms with van der Waals surface area (Å²) in [5.41, 5.74) is 1.90. The number of aryl methyl sites for hydroxylation is 1. The molecule has 0 aliphatic carbocycles. The molecule has 94 valence electrons. The number of nitrogens with one attached hydrogen (secondary N) is 2. The molecule has 0 radical (unpaired) electrons. The highest BCUT2D eigenvalue weighted by Crippen LogP contribution is 2.11. The van der Waals surface area contributed by atoms with E-state index in [-0.39, 0.29) is 5.91 Å². The van der Waals surface area contributed by atoms with Gasteiger partial charge in [-0.25, -0.2) is 0 Å². The van der Waals surface area contributed by atoms with Crippen molar-refractivity contribution in [2.75, 3.05) is 7.11 Å². The summed E-state index contributed by atoms with van der Waals surface area (Å²) in [7, 11) is 1.62. The van der Waals surface area contributed by atoms with Gasteiger partial charge in [0.1, 0.15) is 5.75 Å². The van der Waals surface area contributed by atoms with E-state index in [0.29, 0.717) is 17.9 Å². The number of carbonyl (C=O) groups is 1. The largest absolute Gasteiger partial charge is 0.497 e. The van der Waals surface area contributed by atoms with Gasteiger partial charge >= 0.3 is 0 Å². The number of amides is 1. The van der Waals surface area contributed by atoms with Crippen LogP contribution in [0.2, 0.25) is 0 Å². The van der Waals surface area contributed by atoms with E-state index in [4.69, 9.17) is 4.74 Å². The van der Waals surface area contributed by atoms with E-state index in [1.165, 1.54) is 0 Å². The SMILES string of the molecule is COc1ccc(CNC(=O)c2n[nH]nc2C)cc1. The molecule has 1 aromatic carbocycles. The second-order valence-electron chi connectivity index (χ2n) is 3.79. The van der Waals surface area contributed by atoms with Crippen LogP contribution in [-0.2, 0) is 6.54 Å². The highest BCUT2D eigenvalue weighted by atomic mass is 16.5. The number of aromatic nitrogens is 3. The summed E-state index contributed by atoms with van der Waals surface area (Å²) in [6.45, 7) is 2.17. The Morgan fingerprint density at radius 1 is 1.33 bits per heavy atom. The Morgan fingerprint density at radius 2 is 2.06 bits per heavy atom. The van der Waals surface area contributed by atoms with Gasteiger partial charge in [0.2, 0.25) is 0 Å². The third kappa shape index (κ3) is 2.65. The molecular formula is C12H14N4O2. The smallest absolute Gasteiger partial charge is 0.274 e. The second-order valence-corrected chi connectivity index (χ2v) is 3.79. The number of hydrogen-bond acceptors (Lipinski definition) is 4. The van der Waals surface area contributed by atoms with Crippen LogP contribution in [0.1, 0.15) is 21.7 Å². The molecule has 6 nitrogen and oxygen atoms in total. The van der Waals surface area contributed by atoms with Gasteiger partial charge in [-0.15, -0.1) is 0 Å². The average Bonchev–Trinajstić information content (AvgIpc) is 2.83. The van der Waals surface area contributed by atoms with Crippen LogP contribution in [0.4, 0.5) is 0 Å². The van der Waals surface area contributed by atoms with Crippen molar-refractivity contribution < 1.29 is 9.53 Å². The van der Waals surface area contributed by atoms with E-state index < -0.39 is 0 Å². The molecule has 0 unspecified atom stereocenters. The molecule has 0 fully saturated rings. The Bertz CT molecular complexity index is 533. The molecule has 0 saturated heterocycles. The first-order chi connectivity index (χ1) is 8.70. The van der Waals surface area contributed by atoms with Crippen LogP contribution in [-0.4, -0.2) is 28.4 Å². The molecule has 0 saturated carbocycles. The molecule has 1 heterocycles. The maximum Gasteiger partial charge on any atom is 0.274 e. The molecule has 18 heavy (non-hydrogen) atoms. The zero-order valence-corrected chi connectivity index (χ0v) is 10.2. The zero-order chi connectivity index (χ0) is 13.0. The normalized spacial score (nSPS) is 10.1. The molecule has 2 N–H and O–H groups in total. The highest BCUT2D eigenvalue weighted by Gasteiger charge is 2.12. The summed E-state index contributed by atoms with van der Waals surface area (Å²) in [5, 5.41) is 12.8. The molecule has 2 rings (SSSR count).